The molecule has 7 heteroatoms. The van der Waals surface area contributed by atoms with Gasteiger partial charge in [-0.25, -0.2) is 0 Å². The van der Waals surface area contributed by atoms with E-state index >= 15 is 0 Å². The number of ether oxygens (including phenoxy) is 1. The number of carbonyl (C=O) groups excluding carboxylic acids is 1. The quantitative estimate of drug-likeness (QED) is 0.823. The van der Waals surface area contributed by atoms with Crippen LogP contribution in [0, 0.1) is 0 Å². The smallest absolute Gasteiger partial charge is 0.246 e. The van der Waals surface area contributed by atoms with Gasteiger partial charge in [0.15, 0.2) is 0 Å². The number of benzene rings is 1. The summed E-state index contributed by atoms with van der Waals surface area (Å²) in [6.07, 6.45) is 2.23. The second-order valence-corrected chi connectivity index (χ2v) is 5.42. The highest BCUT2D eigenvalue weighted by Gasteiger charge is 2.20. The third-order valence-electron chi connectivity index (χ3n) is 3.69. The molecule has 0 saturated carbocycles. The van der Waals surface area contributed by atoms with Gasteiger partial charge < -0.3 is 9.64 Å². The van der Waals surface area contributed by atoms with Crippen LogP contribution in [-0.2, 0) is 16.1 Å². The van der Waals surface area contributed by atoms with Gasteiger partial charge in [0.2, 0.25) is 11.7 Å². The zero-order chi connectivity index (χ0) is 15.4. The minimum Gasteiger partial charge on any atom is -0.376 e. The topological polar surface area (TPSA) is 73.1 Å². The molecule has 1 aromatic carbocycles. The lowest BCUT2D eigenvalue weighted by Crippen LogP contribution is -2.36. The first kappa shape index (κ1) is 14.6. The van der Waals surface area contributed by atoms with Gasteiger partial charge in [-0.05, 0) is 18.1 Å². The van der Waals surface area contributed by atoms with Gasteiger partial charge in [-0.1, -0.05) is 30.3 Å². The SMILES string of the molecule is CN(CC1CCCO1)C(=O)Cn1nnc(-c2ccccc2)n1. The van der Waals surface area contributed by atoms with Gasteiger partial charge in [0.05, 0.1) is 6.10 Å². The third kappa shape index (κ3) is 3.48. The highest BCUT2D eigenvalue weighted by atomic mass is 16.5. The Bertz CT molecular complexity index is 622. The molecule has 1 unspecified atom stereocenters. The first-order valence-electron chi connectivity index (χ1n) is 7.41. The Labute approximate surface area is 128 Å². The van der Waals surface area contributed by atoms with E-state index in [-0.39, 0.29) is 18.6 Å². The van der Waals surface area contributed by atoms with Crippen LogP contribution in [0.4, 0.5) is 0 Å². The molecular formula is C15H19N5O2. The zero-order valence-corrected chi connectivity index (χ0v) is 12.6. The van der Waals surface area contributed by atoms with Crippen LogP contribution in [0.3, 0.4) is 0 Å². The van der Waals surface area contributed by atoms with Gasteiger partial charge in [0, 0.05) is 25.8 Å². The number of tetrazole rings is 1. The van der Waals surface area contributed by atoms with Crippen LogP contribution >= 0.6 is 0 Å². The van der Waals surface area contributed by atoms with E-state index in [0.29, 0.717) is 12.4 Å². The Kier molecular flexibility index (Phi) is 4.43. The Morgan fingerprint density at radius 3 is 2.95 bits per heavy atom. The lowest BCUT2D eigenvalue weighted by atomic mass is 10.2. The standard InChI is InChI=1S/C15H19N5O2/c1-19(10-13-8-5-9-22-13)14(21)11-20-17-15(16-18-20)12-6-3-2-4-7-12/h2-4,6-7,13H,5,8-11H2,1H3. The van der Waals surface area contributed by atoms with Crippen molar-refractivity contribution in [1.29, 1.82) is 0 Å². The summed E-state index contributed by atoms with van der Waals surface area (Å²) < 4.78 is 5.54. The largest absolute Gasteiger partial charge is 0.376 e. The minimum absolute atomic E-state index is 0.0486. The van der Waals surface area contributed by atoms with Crippen molar-refractivity contribution in [3.05, 3.63) is 30.3 Å². The zero-order valence-electron chi connectivity index (χ0n) is 12.6. The summed E-state index contributed by atoms with van der Waals surface area (Å²) in [5.41, 5.74) is 0.883. The van der Waals surface area contributed by atoms with Gasteiger partial charge in [0.1, 0.15) is 6.54 Å². The number of rotatable bonds is 5. The molecule has 1 amide bonds. The van der Waals surface area contributed by atoms with Crippen molar-refractivity contribution in [3.8, 4) is 11.4 Å². The van der Waals surface area contributed by atoms with Crippen LogP contribution in [0.25, 0.3) is 11.4 Å². The number of nitrogens with zero attached hydrogens (tertiary/aromatic N) is 5. The first-order valence-corrected chi connectivity index (χ1v) is 7.41. The predicted octanol–water partition coefficient (Wildman–Crippen LogP) is 0.977. The number of hydrogen-bond acceptors (Lipinski definition) is 5. The summed E-state index contributed by atoms with van der Waals surface area (Å²) >= 11 is 0. The minimum atomic E-state index is -0.0486. The van der Waals surface area contributed by atoms with Crippen molar-refractivity contribution < 1.29 is 9.53 Å². The average molecular weight is 301 g/mol. The van der Waals surface area contributed by atoms with Gasteiger partial charge in [-0.3, -0.25) is 4.79 Å². The Morgan fingerprint density at radius 2 is 2.23 bits per heavy atom. The van der Waals surface area contributed by atoms with Gasteiger partial charge in [0.25, 0.3) is 0 Å². The molecular weight excluding hydrogens is 282 g/mol. The molecule has 116 valence electrons. The summed E-state index contributed by atoms with van der Waals surface area (Å²) in [5, 5.41) is 12.2. The highest BCUT2D eigenvalue weighted by Crippen LogP contribution is 2.13. The molecule has 1 aliphatic heterocycles. The number of aromatic nitrogens is 4. The second-order valence-electron chi connectivity index (χ2n) is 5.42. The molecule has 1 fully saturated rings. The Balaban J connectivity index is 1.58. The predicted molar refractivity (Wildman–Crippen MR) is 79.9 cm³/mol. The van der Waals surface area contributed by atoms with E-state index in [4.69, 9.17) is 4.74 Å². The lowest BCUT2D eigenvalue weighted by molar-refractivity contribution is -0.132. The molecule has 7 nitrogen and oxygen atoms in total. The van der Waals surface area contributed by atoms with Crippen molar-refractivity contribution in [1.82, 2.24) is 25.1 Å². The van der Waals surface area contributed by atoms with E-state index in [1.165, 1.54) is 4.80 Å². The van der Waals surface area contributed by atoms with Gasteiger partial charge in [-0.15, -0.1) is 10.2 Å². The van der Waals surface area contributed by atoms with Gasteiger partial charge >= 0.3 is 0 Å². The van der Waals surface area contributed by atoms with Crippen molar-refractivity contribution >= 4 is 5.91 Å². The summed E-state index contributed by atoms with van der Waals surface area (Å²) in [6.45, 7) is 1.49. The van der Waals surface area contributed by atoms with Crippen LogP contribution in [0.2, 0.25) is 0 Å². The Hall–Kier alpha value is -2.28. The number of carbonyl (C=O) groups is 1. The fourth-order valence-electron chi connectivity index (χ4n) is 2.45. The fraction of sp³-hybridized carbons (Fsp3) is 0.467. The molecule has 3 rings (SSSR count). The molecule has 22 heavy (non-hydrogen) atoms. The van der Waals surface area contributed by atoms with E-state index < -0.39 is 0 Å². The van der Waals surface area contributed by atoms with Crippen LogP contribution in [0.1, 0.15) is 12.8 Å². The van der Waals surface area contributed by atoms with E-state index in [0.717, 1.165) is 25.0 Å². The van der Waals surface area contributed by atoms with Crippen molar-refractivity contribution in [3.63, 3.8) is 0 Å². The van der Waals surface area contributed by atoms with Gasteiger partial charge in [-0.2, -0.15) is 4.80 Å². The van der Waals surface area contributed by atoms with E-state index in [2.05, 4.69) is 15.4 Å². The maximum absolute atomic E-state index is 12.2. The highest BCUT2D eigenvalue weighted by molar-refractivity contribution is 5.75. The summed E-state index contributed by atoms with van der Waals surface area (Å²) in [4.78, 5) is 15.2. The van der Waals surface area contributed by atoms with E-state index in [1.54, 1.807) is 11.9 Å². The maximum Gasteiger partial charge on any atom is 0.246 e. The molecule has 1 saturated heterocycles. The molecule has 1 aliphatic rings. The first-order chi connectivity index (χ1) is 10.7. The van der Waals surface area contributed by atoms with E-state index in [9.17, 15) is 4.79 Å². The summed E-state index contributed by atoms with van der Waals surface area (Å²) in [7, 11) is 1.78. The monoisotopic (exact) mass is 301 g/mol. The van der Waals surface area contributed by atoms with Crippen LogP contribution < -0.4 is 0 Å². The molecule has 2 aromatic rings. The molecule has 0 N–H and O–H groups in total. The number of amides is 1. The second kappa shape index (κ2) is 6.65. The van der Waals surface area contributed by atoms with E-state index in [1.807, 2.05) is 30.3 Å². The average Bonchev–Trinajstić information content (AvgIpc) is 3.20. The molecule has 1 atom stereocenters. The normalized spacial score (nSPS) is 17.6. The Morgan fingerprint density at radius 1 is 1.41 bits per heavy atom. The molecule has 0 spiro atoms. The maximum atomic E-state index is 12.2. The molecule has 1 aromatic heterocycles. The van der Waals surface area contributed by atoms with Crippen molar-refractivity contribution in [2.45, 2.75) is 25.5 Å². The molecule has 0 aliphatic carbocycles. The lowest BCUT2D eigenvalue weighted by Gasteiger charge is -2.20. The molecule has 0 bridgehead atoms. The molecule has 2 heterocycles. The number of likely N-dealkylation sites (N-methyl/N-ethyl adjacent to an activating group) is 1. The van der Waals surface area contributed by atoms with Crippen LogP contribution in [-0.4, -0.2) is 57.3 Å². The summed E-state index contributed by atoms with van der Waals surface area (Å²) in [6, 6.07) is 9.57. The fourth-order valence-corrected chi connectivity index (χ4v) is 2.45. The van der Waals surface area contributed by atoms with Crippen LogP contribution in [0.5, 0.6) is 0 Å². The summed E-state index contributed by atoms with van der Waals surface area (Å²) in [5.74, 6) is 0.475. The van der Waals surface area contributed by atoms with Crippen molar-refractivity contribution in [2.75, 3.05) is 20.2 Å². The molecule has 0 radical (unpaired) electrons. The van der Waals surface area contributed by atoms with Crippen LogP contribution in [0.15, 0.2) is 30.3 Å². The van der Waals surface area contributed by atoms with Crippen molar-refractivity contribution in [2.24, 2.45) is 0 Å². The third-order valence-corrected chi connectivity index (χ3v) is 3.69. The number of hydrogen-bond donors (Lipinski definition) is 0.